The average molecular weight is 218 g/mol. The molecule has 0 aromatic rings. The summed E-state index contributed by atoms with van der Waals surface area (Å²) in [5.74, 6) is -0.122. The zero-order valence-corrected chi connectivity index (χ0v) is 10.1. The van der Waals surface area contributed by atoms with E-state index in [0.29, 0.717) is 26.2 Å². The third-order valence-electron chi connectivity index (χ3n) is 1.58. The Morgan fingerprint density at radius 1 is 1.27 bits per heavy atom. The van der Waals surface area contributed by atoms with E-state index in [-0.39, 0.29) is 11.4 Å². The van der Waals surface area contributed by atoms with Crippen molar-refractivity contribution >= 4 is 5.91 Å². The van der Waals surface area contributed by atoms with E-state index in [4.69, 9.17) is 9.57 Å². The van der Waals surface area contributed by atoms with Gasteiger partial charge in [-0.2, -0.15) is 0 Å². The Morgan fingerprint density at radius 3 is 2.47 bits per heavy atom. The Kier molecular flexibility index (Phi) is 7.29. The standard InChI is InChI=1S/C10H22N2O3/c1-10(2,3)11-6-5-9(13)12-15-8-7-14-4/h11H,5-8H2,1-4H3,(H,12,13). The van der Waals surface area contributed by atoms with Crippen LogP contribution in [0.1, 0.15) is 27.2 Å². The molecular formula is C10H22N2O3. The zero-order chi connectivity index (χ0) is 11.7. The molecule has 15 heavy (non-hydrogen) atoms. The van der Waals surface area contributed by atoms with E-state index in [1.807, 2.05) is 0 Å². The maximum Gasteiger partial charge on any atom is 0.244 e. The van der Waals surface area contributed by atoms with Crippen molar-refractivity contribution in [1.82, 2.24) is 10.8 Å². The molecule has 0 atom stereocenters. The molecule has 0 saturated carbocycles. The van der Waals surface area contributed by atoms with E-state index in [9.17, 15) is 4.79 Å². The van der Waals surface area contributed by atoms with Gasteiger partial charge in [-0.05, 0) is 20.8 Å². The van der Waals surface area contributed by atoms with E-state index >= 15 is 0 Å². The number of carbonyl (C=O) groups excluding carboxylic acids is 1. The van der Waals surface area contributed by atoms with Crippen molar-refractivity contribution in [3.05, 3.63) is 0 Å². The molecule has 5 heteroatoms. The molecule has 0 saturated heterocycles. The maximum absolute atomic E-state index is 11.2. The van der Waals surface area contributed by atoms with E-state index in [1.54, 1.807) is 7.11 Å². The second kappa shape index (κ2) is 7.62. The highest BCUT2D eigenvalue weighted by Gasteiger charge is 2.09. The summed E-state index contributed by atoms with van der Waals surface area (Å²) in [6, 6.07) is 0. The van der Waals surface area contributed by atoms with Crippen molar-refractivity contribution in [2.75, 3.05) is 26.9 Å². The Balaban J connectivity index is 3.34. The fraction of sp³-hybridized carbons (Fsp3) is 0.900. The second-order valence-corrected chi connectivity index (χ2v) is 4.29. The summed E-state index contributed by atoms with van der Waals surface area (Å²) in [5, 5.41) is 3.21. The van der Waals surface area contributed by atoms with Crippen molar-refractivity contribution in [3.63, 3.8) is 0 Å². The van der Waals surface area contributed by atoms with Crippen LogP contribution < -0.4 is 10.8 Å². The number of hydrogen-bond donors (Lipinski definition) is 2. The number of methoxy groups -OCH3 is 1. The predicted molar refractivity (Wildman–Crippen MR) is 58.3 cm³/mol. The van der Waals surface area contributed by atoms with Crippen LogP contribution in [0.15, 0.2) is 0 Å². The van der Waals surface area contributed by atoms with Gasteiger partial charge in [0.1, 0.15) is 0 Å². The molecule has 0 radical (unpaired) electrons. The van der Waals surface area contributed by atoms with Gasteiger partial charge in [0, 0.05) is 25.6 Å². The monoisotopic (exact) mass is 218 g/mol. The summed E-state index contributed by atoms with van der Waals surface area (Å²) in [5.41, 5.74) is 2.38. The van der Waals surface area contributed by atoms with Crippen LogP contribution >= 0.6 is 0 Å². The molecule has 0 aromatic carbocycles. The molecule has 5 nitrogen and oxygen atoms in total. The van der Waals surface area contributed by atoms with Gasteiger partial charge in [0.2, 0.25) is 5.91 Å². The van der Waals surface area contributed by atoms with Crippen LogP contribution in [0.25, 0.3) is 0 Å². The first-order valence-electron chi connectivity index (χ1n) is 5.10. The fourth-order valence-corrected chi connectivity index (χ4v) is 0.859. The number of hydroxylamine groups is 1. The van der Waals surface area contributed by atoms with E-state index in [2.05, 4.69) is 31.6 Å². The number of carbonyl (C=O) groups is 1. The summed E-state index contributed by atoms with van der Waals surface area (Å²) in [7, 11) is 1.58. The van der Waals surface area contributed by atoms with Crippen LogP contribution in [0.3, 0.4) is 0 Å². The van der Waals surface area contributed by atoms with E-state index in [0.717, 1.165) is 0 Å². The van der Waals surface area contributed by atoms with Crippen LogP contribution in [-0.4, -0.2) is 38.3 Å². The summed E-state index contributed by atoms with van der Waals surface area (Å²) >= 11 is 0. The lowest BCUT2D eigenvalue weighted by Gasteiger charge is -2.20. The first-order valence-corrected chi connectivity index (χ1v) is 5.10. The van der Waals surface area contributed by atoms with Crippen molar-refractivity contribution < 1.29 is 14.4 Å². The van der Waals surface area contributed by atoms with Gasteiger partial charge < -0.3 is 10.1 Å². The van der Waals surface area contributed by atoms with Crippen molar-refractivity contribution in [3.8, 4) is 0 Å². The summed E-state index contributed by atoms with van der Waals surface area (Å²) in [6.07, 6.45) is 0.407. The largest absolute Gasteiger partial charge is 0.382 e. The smallest absolute Gasteiger partial charge is 0.244 e. The first-order chi connectivity index (χ1) is 6.95. The lowest BCUT2D eigenvalue weighted by atomic mass is 10.1. The van der Waals surface area contributed by atoms with E-state index < -0.39 is 0 Å². The molecule has 0 aliphatic rings. The molecule has 2 N–H and O–H groups in total. The molecule has 0 unspecified atom stereocenters. The minimum absolute atomic E-state index is 0.0389. The van der Waals surface area contributed by atoms with Gasteiger partial charge in [0.25, 0.3) is 0 Å². The third-order valence-corrected chi connectivity index (χ3v) is 1.58. The number of hydrogen-bond acceptors (Lipinski definition) is 4. The minimum atomic E-state index is -0.122. The topological polar surface area (TPSA) is 59.6 Å². The van der Waals surface area contributed by atoms with Gasteiger partial charge in [-0.15, -0.1) is 0 Å². The quantitative estimate of drug-likeness (QED) is 0.481. The first kappa shape index (κ1) is 14.3. The Labute approximate surface area is 91.5 Å². The number of rotatable bonds is 7. The SMILES string of the molecule is COCCONC(=O)CCNC(C)(C)C. The lowest BCUT2D eigenvalue weighted by Crippen LogP contribution is -2.38. The molecule has 0 heterocycles. The molecule has 0 aliphatic carbocycles. The fourth-order valence-electron chi connectivity index (χ4n) is 0.859. The van der Waals surface area contributed by atoms with Crippen molar-refractivity contribution in [2.45, 2.75) is 32.7 Å². The van der Waals surface area contributed by atoms with Crippen LogP contribution in [0.5, 0.6) is 0 Å². The normalized spacial score (nSPS) is 11.5. The molecule has 0 aromatic heterocycles. The Bertz CT molecular complexity index is 178. The van der Waals surface area contributed by atoms with Crippen molar-refractivity contribution in [1.29, 1.82) is 0 Å². The summed E-state index contributed by atoms with van der Waals surface area (Å²) in [6.45, 7) is 7.65. The zero-order valence-electron chi connectivity index (χ0n) is 10.1. The highest BCUT2D eigenvalue weighted by atomic mass is 16.7. The maximum atomic E-state index is 11.2. The Hall–Kier alpha value is -0.650. The van der Waals surface area contributed by atoms with Gasteiger partial charge in [-0.1, -0.05) is 0 Å². The van der Waals surface area contributed by atoms with Gasteiger partial charge in [-0.3, -0.25) is 9.63 Å². The van der Waals surface area contributed by atoms with E-state index in [1.165, 1.54) is 0 Å². The second-order valence-electron chi connectivity index (χ2n) is 4.29. The third kappa shape index (κ3) is 11.3. The molecular weight excluding hydrogens is 196 g/mol. The molecule has 90 valence electrons. The van der Waals surface area contributed by atoms with Gasteiger partial charge in [-0.25, -0.2) is 5.48 Å². The molecule has 0 rings (SSSR count). The minimum Gasteiger partial charge on any atom is -0.382 e. The van der Waals surface area contributed by atoms with Crippen LogP contribution in [0, 0.1) is 0 Å². The van der Waals surface area contributed by atoms with Crippen LogP contribution in [0.2, 0.25) is 0 Å². The summed E-state index contributed by atoms with van der Waals surface area (Å²) < 4.78 is 4.76. The molecule has 0 aliphatic heterocycles. The predicted octanol–water partition coefficient (Wildman–Crippen LogP) is 0.459. The average Bonchev–Trinajstić information content (AvgIpc) is 2.10. The highest BCUT2D eigenvalue weighted by molar-refractivity contribution is 5.74. The number of amides is 1. The Morgan fingerprint density at radius 2 is 1.93 bits per heavy atom. The molecule has 0 spiro atoms. The van der Waals surface area contributed by atoms with Gasteiger partial charge in [0.15, 0.2) is 0 Å². The van der Waals surface area contributed by atoms with Gasteiger partial charge in [0.05, 0.1) is 13.2 Å². The lowest BCUT2D eigenvalue weighted by molar-refractivity contribution is -0.134. The number of ether oxygens (including phenoxy) is 1. The molecule has 1 amide bonds. The van der Waals surface area contributed by atoms with Crippen LogP contribution in [-0.2, 0) is 14.4 Å². The molecule has 0 fully saturated rings. The molecule has 0 bridgehead atoms. The van der Waals surface area contributed by atoms with Gasteiger partial charge >= 0.3 is 0 Å². The van der Waals surface area contributed by atoms with Crippen molar-refractivity contribution in [2.24, 2.45) is 0 Å². The number of nitrogens with one attached hydrogen (secondary N) is 2. The highest BCUT2D eigenvalue weighted by Crippen LogP contribution is 1.97. The summed E-state index contributed by atoms with van der Waals surface area (Å²) in [4.78, 5) is 16.0. The van der Waals surface area contributed by atoms with Crippen LogP contribution in [0.4, 0.5) is 0 Å².